The van der Waals surface area contributed by atoms with Gasteiger partial charge in [0.05, 0.1) is 15.7 Å². The number of anilines is 1. The van der Waals surface area contributed by atoms with E-state index < -0.39 is 23.8 Å². The molecular weight excluding hydrogens is 624 g/mol. The molecule has 4 aliphatic carbocycles. The lowest BCUT2D eigenvalue weighted by Crippen LogP contribution is -2.54. The van der Waals surface area contributed by atoms with Crippen LogP contribution in [-0.4, -0.2) is 28.9 Å². The van der Waals surface area contributed by atoms with Gasteiger partial charge in [-0.05, 0) is 137 Å². The Labute approximate surface area is 263 Å². The molecule has 0 radical (unpaired) electrons. The van der Waals surface area contributed by atoms with Gasteiger partial charge in [0, 0.05) is 0 Å². The molecule has 1 saturated heterocycles. The number of hydrogen-bond acceptors (Lipinski definition) is 5. The first kappa shape index (κ1) is 28.5. The number of barbiturate groups is 1. The second kappa shape index (κ2) is 11.0. The molecule has 0 aromatic heterocycles. The van der Waals surface area contributed by atoms with Gasteiger partial charge in [0.15, 0.2) is 0 Å². The second-order valence-corrected chi connectivity index (χ2v) is 13.5. The minimum Gasteiger partial charge on any atom is -0.488 e. The molecule has 8 rings (SSSR count). The molecule has 1 aliphatic heterocycles. The van der Waals surface area contributed by atoms with Crippen molar-refractivity contribution < 1.29 is 29.0 Å². The van der Waals surface area contributed by atoms with Crippen molar-refractivity contribution in [1.29, 1.82) is 0 Å². The summed E-state index contributed by atoms with van der Waals surface area (Å²) in [4.78, 5) is 51.2. The Balaban J connectivity index is 1.07. The molecular formula is C35H31BrN2O6. The van der Waals surface area contributed by atoms with Gasteiger partial charge in [-0.1, -0.05) is 30.3 Å². The van der Waals surface area contributed by atoms with Gasteiger partial charge < -0.3 is 9.84 Å². The molecule has 3 aromatic carbocycles. The van der Waals surface area contributed by atoms with Crippen molar-refractivity contribution >= 4 is 51.5 Å². The normalized spacial score (nSPS) is 26.7. The predicted octanol–water partition coefficient (Wildman–Crippen LogP) is 6.86. The van der Waals surface area contributed by atoms with E-state index >= 15 is 0 Å². The number of benzene rings is 3. The Morgan fingerprint density at radius 3 is 2.16 bits per heavy atom. The molecule has 5 aliphatic rings. The first-order valence-electron chi connectivity index (χ1n) is 14.9. The van der Waals surface area contributed by atoms with Crippen molar-refractivity contribution in [3.05, 3.63) is 99.0 Å². The van der Waals surface area contributed by atoms with Gasteiger partial charge in [0.25, 0.3) is 11.8 Å². The monoisotopic (exact) mass is 654 g/mol. The van der Waals surface area contributed by atoms with Crippen LogP contribution in [0.2, 0.25) is 0 Å². The number of nitrogens with zero attached hydrogens (tertiary/aromatic N) is 1. The second-order valence-electron chi connectivity index (χ2n) is 12.7. The molecule has 8 nitrogen and oxygen atoms in total. The third-order valence-electron chi connectivity index (χ3n) is 9.74. The van der Waals surface area contributed by atoms with Gasteiger partial charge >= 0.3 is 12.0 Å². The van der Waals surface area contributed by atoms with Gasteiger partial charge in [0.2, 0.25) is 0 Å². The van der Waals surface area contributed by atoms with Crippen LogP contribution in [0.25, 0.3) is 6.08 Å². The summed E-state index contributed by atoms with van der Waals surface area (Å²) >= 11 is 3.49. The summed E-state index contributed by atoms with van der Waals surface area (Å²) in [6.07, 6.45) is 9.21. The number of hydrogen-bond donors (Lipinski definition) is 2. The van der Waals surface area contributed by atoms with E-state index in [1.54, 1.807) is 30.3 Å². The Kier molecular flexibility index (Phi) is 7.16. The minimum absolute atomic E-state index is 0.145. The van der Waals surface area contributed by atoms with Crippen molar-refractivity contribution in [1.82, 2.24) is 5.32 Å². The van der Waals surface area contributed by atoms with E-state index in [2.05, 4.69) is 33.4 Å². The number of ether oxygens (including phenoxy) is 1. The largest absolute Gasteiger partial charge is 0.488 e. The molecule has 224 valence electrons. The van der Waals surface area contributed by atoms with Crippen molar-refractivity contribution in [2.45, 2.75) is 50.5 Å². The highest BCUT2D eigenvalue weighted by Crippen LogP contribution is 2.60. The fourth-order valence-electron chi connectivity index (χ4n) is 8.12. The van der Waals surface area contributed by atoms with Crippen molar-refractivity contribution in [2.75, 3.05) is 4.90 Å². The molecule has 44 heavy (non-hydrogen) atoms. The third kappa shape index (κ3) is 5.23. The maximum atomic E-state index is 13.5. The van der Waals surface area contributed by atoms with Gasteiger partial charge in [-0.2, -0.15) is 0 Å². The minimum atomic E-state index is -0.993. The number of rotatable bonds is 7. The zero-order valence-corrected chi connectivity index (χ0v) is 25.5. The highest BCUT2D eigenvalue weighted by Gasteiger charge is 2.51. The maximum absolute atomic E-state index is 13.5. The number of carbonyl (C=O) groups is 4. The van der Waals surface area contributed by atoms with Gasteiger partial charge in [0.1, 0.15) is 17.9 Å². The molecule has 0 unspecified atom stereocenters. The molecule has 2 N–H and O–H groups in total. The molecule has 5 fully saturated rings. The number of nitrogens with one attached hydrogen (secondary N) is 1. The number of carbonyl (C=O) groups excluding carboxylic acids is 3. The maximum Gasteiger partial charge on any atom is 0.335 e. The average molecular weight is 656 g/mol. The van der Waals surface area contributed by atoms with Crippen molar-refractivity contribution in [2.24, 2.45) is 17.8 Å². The Morgan fingerprint density at radius 1 is 0.932 bits per heavy atom. The molecule has 3 aromatic rings. The van der Waals surface area contributed by atoms with Gasteiger partial charge in [-0.25, -0.2) is 14.5 Å². The van der Waals surface area contributed by atoms with E-state index in [1.807, 2.05) is 12.1 Å². The standard InChI is InChI=1S/C35H31BrN2O6/c36-29-15-21(3-10-30(29)44-19-20-1-4-25(5-2-20)33(41)42)14-28-31(39)37-34(43)38(32(28)40)27-8-6-26(7-9-27)35-16-22-11-23(17-35)13-24(12-22)18-35/h1-10,14-15,22-24H,11-13,16-19H2,(H,41,42)(H,37,39,43)/b28-14+. The van der Waals surface area contributed by atoms with E-state index in [-0.39, 0.29) is 23.2 Å². The Morgan fingerprint density at radius 2 is 1.57 bits per heavy atom. The number of carboxylic acids is 1. The summed E-state index contributed by atoms with van der Waals surface area (Å²) in [5.74, 6) is 0.552. The van der Waals surface area contributed by atoms with Crippen molar-refractivity contribution in [3.8, 4) is 5.75 Å². The van der Waals surface area contributed by atoms with E-state index in [9.17, 15) is 19.2 Å². The van der Waals surface area contributed by atoms with Crippen LogP contribution < -0.4 is 15.0 Å². The number of urea groups is 1. The van der Waals surface area contributed by atoms with Crippen LogP contribution in [0.4, 0.5) is 10.5 Å². The predicted molar refractivity (Wildman–Crippen MR) is 167 cm³/mol. The Bertz CT molecular complexity index is 1680. The van der Waals surface area contributed by atoms with Gasteiger partial charge in [-0.15, -0.1) is 0 Å². The summed E-state index contributed by atoms with van der Waals surface area (Å²) in [6.45, 7) is 0.221. The van der Waals surface area contributed by atoms with Crippen LogP contribution in [-0.2, 0) is 21.6 Å². The molecule has 1 heterocycles. The van der Waals surface area contributed by atoms with Gasteiger partial charge in [-0.3, -0.25) is 14.9 Å². The van der Waals surface area contributed by atoms with Crippen molar-refractivity contribution in [3.63, 3.8) is 0 Å². The topological polar surface area (TPSA) is 113 Å². The summed E-state index contributed by atoms with van der Waals surface area (Å²) < 4.78 is 6.47. The van der Waals surface area contributed by atoms with E-state index in [1.165, 1.54) is 62.3 Å². The molecule has 0 spiro atoms. The zero-order chi connectivity index (χ0) is 30.6. The number of carboxylic acid groups (broad SMARTS) is 1. The number of amides is 4. The molecule has 4 amide bonds. The third-order valence-corrected chi connectivity index (χ3v) is 10.4. The van der Waals surface area contributed by atoms with E-state index in [0.717, 1.165) is 28.2 Å². The SMILES string of the molecule is O=C1NC(=O)N(c2ccc(C34CC5CC(CC(C5)C3)C4)cc2)C(=O)/C1=C/c1ccc(OCc2ccc(C(=O)O)cc2)c(Br)c1. The van der Waals surface area contributed by atoms with Crippen LogP contribution in [0.1, 0.15) is 65.6 Å². The number of halogens is 1. The number of imide groups is 2. The zero-order valence-electron chi connectivity index (χ0n) is 23.9. The fraction of sp³-hybridized carbons (Fsp3) is 0.314. The van der Waals surface area contributed by atoms with E-state index in [4.69, 9.17) is 9.84 Å². The highest BCUT2D eigenvalue weighted by atomic mass is 79.9. The fourth-order valence-corrected chi connectivity index (χ4v) is 8.63. The number of aromatic carboxylic acids is 1. The lowest BCUT2D eigenvalue weighted by atomic mass is 9.48. The van der Waals surface area contributed by atoms with Crippen LogP contribution in [0, 0.1) is 17.8 Å². The molecule has 4 bridgehead atoms. The average Bonchev–Trinajstić information content (AvgIpc) is 2.98. The first-order valence-corrected chi connectivity index (χ1v) is 15.7. The summed E-state index contributed by atoms with van der Waals surface area (Å²) in [7, 11) is 0. The van der Waals surface area contributed by atoms with Crippen LogP contribution in [0.3, 0.4) is 0 Å². The molecule has 0 atom stereocenters. The first-order chi connectivity index (χ1) is 21.2. The van der Waals surface area contributed by atoms with Crippen LogP contribution in [0.15, 0.2) is 76.8 Å². The van der Waals surface area contributed by atoms with E-state index in [0.29, 0.717) is 21.5 Å². The molecule has 4 saturated carbocycles. The molecule has 9 heteroatoms. The lowest BCUT2D eigenvalue weighted by molar-refractivity contribution is -0.122. The lowest BCUT2D eigenvalue weighted by Gasteiger charge is -2.57. The summed E-state index contributed by atoms with van der Waals surface area (Å²) in [6, 6.07) is 18.6. The quantitative estimate of drug-likeness (QED) is 0.213. The summed E-state index contributed by atoms with van der Waals surface area (Å²) in [5.41, 5.74) is 3.35. The summed E-state index contributed by atoms with van der Waals surface area (Å²) in [5, 5.41) is 11.4. The van der Waals surface area contributed by atoms with Crippen LogP contribution >= 0.6 is 15.9 Å². The highest BCUT2D eigenvalue weighted by molar-refractivity contribution is 9.10. The van der Waals surface area contributed by atoms with Crippen LogP contribution in [0.5, 0.6) is 5.75 Å². The smallest absolute Gasteiger partial charge is 0.335 e. The Hall–Kier alpha value is -4.24.